The summed E-state index contributed by atoms with van der Waals surface area (Å²) in [5.41, 5.74) is 2.75. The predicted molar refractivity (Wildman–Crippen MR) is 112 cm³/mol. The highest BCUT2D eigenvalue weighted by Gasteiger charge is 2.13. The number of nitrogens with one attached hydrogen (secondary N) is 1. The Morgan fingerprint density at radius 2 is 1.86 bits per heavy atom. The lowest BCUT2D eigenvalue weighted by atomic mass is 10.2. The van der Waals surface area contributed by atoms with Gasteiger partial charge in [-0.25, -0.2) is 4.98 Å². The summed E-state index contributed by atoms with van der Waals surface area (Å²) in [5.74, 6) is 2.90. The van der Waals surface area contributed by atoms with E-state index < -0.39 is 0 Å². The third-order valence-corrected chi connectivity index (χ3v) is 5.98. The number of hydrogen-bond donors (Lipinski definition) is 1. The summed E-state index contributed by atoms with van der Waals surface area (Å²) < 4.78 is 12.0. The molecule has 0 unspecified atom stereocenters. The Morgan fingerprint density at radius 1 is 1.07 bits per heavy atom. The molecule has 0 spiro atoms. The van der Waals surface area contributed by atoms with Crippen molar-refractivity contribution in [3.05, 3.63) is 66.1 Å². The molecule has 0 radical (unpaired) electrons. The first-order valence-corrected chi connectivity index (χ1v) is 10.4. The molecule has 4 aromatic rings. The van der Waals surface area contributed by atoms with Crippen LogP contribution < -0.4 is 10.1 Å². The van der Waals surface area contributed by atoms with E-state index in [1.165, 1.54) is 11.3 Å². The number of aromatic nitrogens is 3. The normalized spacial score (nSPS) is 10.8. The van der Waals surface area contributed by atoms with Gasteiger partial charge >= 0.3 is 0 Å². The maximum atomic E-state index is 5.82. The summed E-state index contributed by atoms with van der Waals surface area (Å²) in [6.45, 7) is 1.93. The number of methoxy groups -OCH3 is 1. The van der Waals surface area contributed by atoms with Crippen molar-refractivity contribution in [3.63, 3.8) is 0 Å². The van der Waals surface area contributed by atoms with Crippen LogP contribution in [0, 0.1) is 6.92 Å². The van der Waals surface area contributed by atoms with Crippen LogP contribution in [0.1, 0.15) is 11.5 Å². The van der Waals surface area contributed by atoms with Crippen LogP contribution in [-0.2, 0) is 5.75 Å². The average molecular weight is 411 g/mol. The van der Waals surface area contributed by atoms with Crippen molar-refractivity contribution in [2.24, 2.45) is 0 Å². The topological polar surface area (TPSA) is 73.1 Å². The smallest absolute Gasteiger partial charge is 0.226 e. The third-order valence-electron chi connectivity index (χ3n) is 4.00. The molecule has 0 aliphatic carbocycles. The van der Waals surface area contributed by atoms with Gasteiger partial charge in [-0.3, -0.25) is 0 Å². The fourth-order valence-corrected chi connectivity index (χ4v) is 4.34. The van der Waals surface area contributed by atoms with E-state index in [0.29, 0.717) is 16.8 Å². The van der Waals surface area contributed by atoms with Crippen LogP contribution in [0.4, 0.5) is 10.8 Å². The van der Waals surface area contributed by atoms with Crippen molar-refractivity contribution < 1.29 is 9.15 Å². The van der Waals surface area contributed by atoms with E-state index in [1.54, 1.807) is 18.9 Å². The Bertz CT molecular complexity index is 1060. The summed E-state index contributed by atoms with van der Waals surface area (Å²) in [6.07, 6.45) is 0. The first kappa shape index (κ1) is 18.5. The fraction of sp³-hybridized carbons (Fsp3) is 0.150. The van der Waals surface area contributed by atoms with Gasteiger partial charge < -0.3 is 14.5 Å². The molecule has 0 saturated carbocycles. The Morgan fingerprint density at radius 3 is 2.68 bits per heavy atom. The van der Waals surface area contributed by atoms with Crippen molar-refractivity contribution in [2.45, 2.75) is 17.0 Å². The van der Waals surface area contributed by atoms with E-state index in [-0.39, 0.29) is 0 Å². The molecule has 0 atom stereocenters. The molecular weight excluding hydrogens is 392 g/mol. The Kier molecular flexibility index (Phi) is 5.59. The highest BCUT2D eigenvalue weighted by atomic mass is 32.2. The van der Waals surface area contributed by atoms with Crippen LogP contribution in [0.2, 0.25) is 0 Å². The number of anilines is 2. The van der Waals surface area contributed by atoms with Gasteiger partial charge in [0.15, 0.2) is 4.34 Å². The van der Waals surface area contributed by atoms with E-state index in [2.05, 4.69) is 20.5 Å². The zero-order valence-corrected chi connectivity index (χ0v) is 17.0. The lowest BCUT2D eigenvalue weighted by Crippen LogP contribution is -1.93. The lowest BCUT2D eigenvalue weighted by molar-refractivity contribution is 0.417. The number of rotatable bonds is 7. The minimum Gasteiger partial charge on any atom is -0.495 e. The molecule has 2 aromatic heterocycles. The molecule has 2 aromatic carbocycles. The van der Waals surface area contributed by atoms with E-state index in [1.807, 2.05) is 61.5 Å². The number of para-hydroxylation sites is 2. The number of hydrogen-bond acceptors (Lipinski definition) is 8. The van der Waals surface area contributed by atoms with Crippen molar-refractivity contribution in [1.29, 1.82) is 0 Å². The van der Waals surface area contributed by atoms with E-state index >= 15 is 0 Å². The number of thioether (sulfide) groups is 1. The molecular formula is C20H18N4O2S2. The average Bonchev–Trinajstić information content (AvgIpc) is 3.33. The van der Waals surface area contributed by atoms with Gasteiger partial charge in [0.05, 0.1) is 18.5 Å². The van der Waals surface area contributed by atoms with Crippen LogP contribution in [0.3, 0.4) is 0 Å². The van der Waals surface area contributed by atoms with Gasteiger partial charge in [0, 0.05) is 11.3 Å². The minimum atomic E-state index is 0.643. The zero-order chi connectivity index (χ0) is 19.3. The van der Waals surface area contributed by atoms with E-state index in [9.17, 15) is 0 Å². The maximum Gasteiger partial charge on any atom is 0.226 e. The first-order chi connectivity index (χ1) is 13.7. The molecule has 0 fully saturated rings. The quantitative estimate of drug-likeness (QED) is 0.401. The number of benzene rings is 2. The molecule has 2 heterocycles. The molecule has 28 heavy (non-hydrogen) atoms. The SMILES string of the molecule is COc1ccccc1Nc1nnc(SCc2nc(-c3ccccc3)oc2C)s1. The van der Waals surface area contributed by atoms with Crippen LogP contribution >= 0.6 is 23.1 Å². The standard InChI is InChI=1S/C20H18N4O2S2/c1-13-16(21-18(26-13)14-8-4-3-5-9-14)12-27-20-24-23-19(28-20)22-15-10-6-7-11-17(15)25-2/h3-11H,12H2,1-2H3,(H,22,23). The Labute approximate surface area is 171 Å². The van der Waals surface area contributed by atoms with Crippen LogP contribution in [0.5, 0.6) is 5.75 Å². The molecule has 6 nitrogen and oxygen atoms in total. The highest BCUT2D eigenvalue weighted by Crippen LogP contribution is 2.33. The van der Waals surface area contributed by atoms with Gasteiger partial charge in [-0.05, 0) is 31.2 Å². The van der Waals surface area contributed by atoms with E-state index in [0.717, 1.165) is 32.8 Å². The molecule has 8 heteroatoms. The predicted octanol–water partition coefficient (Wildman–Crippen LogP) is 5.55. The number of aryl methyl sites for hydroxylation is 1. The second kappa shape index (κ2) is 8.45. The first-order valence-electron chi connectivity index (χ1n) is 8.61. The van der Waals surface area contributed by atoms with Crippen LogP contribution in [0.15, 0.2) is 63.4 Å². The van der Waals surface area contributed by atoms with Gasteiger partial charge in [-0.2, -0.15) is 0 Å². The molecule has 142 valence electrons. The lowest BCUT2D eigenvalue weighted by Gasteiger charge is -2.07. The minimum absolute atomic E-state index is 0.643. The number of ether oxygens (including phenoxy) is 1. The van der Waals surface area contributed by atoms with Gasteiger partial charge in [0.2, 0.25) is 11.0 Å². The van der Waals surface area contributed by atoms with Gasteiger partial charge in [0.1, 0.15) is 11.5 Å². The van der Waals surface area contributed by atoms with Crippen LogP contribution in [0.25, 0.3) is 11.5 Å². The summed E-state index contributed by atoms with van der Waals surface area (Å²) in [4.78, 5) is 4.63. The van der Waals surface area contributed by atoms with Gasteiger partial charge in [-0.1, -0.05) is 53.4 Å². The van der Waals surface area contributed by atoms with Crippen molar-refractivity contribution in [1.82, 2.24) is 15.2 Å². The second-order valence-corrected chi connectivity index (χ2v) is 8.07. The van der Waals surface area contributed by atoms with E-state index in [4.69, 9.17) is 9.15 Å². The monoisotopic (exact) mass is 410 g/mol. The molecule has 0 amide bonds. The van der Waals surface area contributed by atoms with Crippen molar-refractivity contribution in [2.75, 3.05) is 12.4 Å². The molecule has 1 N–H and O–H groups in total. The summed E-state index contributed by atoms with van der Waals surface area (Å²) in [6, 6.07) is 17.6. The number of nitrogens with zero attached hydrogens (tertiary/aromatic N) is 3. The van der Waals surface area contributed by atoms with Crippen LogP contribution in [-0.4, -0.2) is 22.3 Å². The third kappa shape index (κ3) is 4.18. The molecule has 0 aliphatic rings. The Balaban J connectivity index is 1.42. The van der Waals surface area contributed by atoms with Gasteiger partial charge in [-0.15, -0.1) is 10.2 Å². The second-order valence-electron chi connectivity index (χ2n) is 5.88. The maximum absolute atomic E-state index is 5.82. The fourth-order valence-electron chi connectivity index (χ4n) is 2.58. The number of oxazole rings is 1. The largest absolute Gasteiger partial charge is 0.495 e. The summed E-state index contributed by atoms with van der Waals surface area (Å²) in [7, 11) is 1.64. The molecule has 0 aliphatic heterocycles. The molecule has 0 bridgehead atoms. The summed E-state index contributed by atoms with van der Waals surface area (Å²) in [5, 5.41) is 12.4. The highest BCUT2D eigenvalue weighted by molar-refractivity contribution is 8.00. The Hall–Kier alpha value is -2.84. The van der Waals surface area contributed by atoms with Gasteiger partial charge in [0.25, 0.3) is 0 Å². The zero-order valence-electron chi connectivity index (χ0n) is 15.4. The van der Waals surface area contributed by atoms with Crippen molar-refractivity contribution >= 4 is 33.9 Å². The molecule has 4 rings (SSSR count). The summed E-state index contributed by atoms with van der Waals surface area (Å²) >= 11 is 3.08. The molecule has 0 saturated heterocycles. The van der Waals surface area contributed by atoms with Crippen molar-refractivity contribution in [3.8, 4) is 17.2 Å².